The van der Waals surface area contributed by atoms with E-state index >= 15 is 0 Å². The monoisotopic (exact) mass is 340 g/mol. The molecule has 1 saturated heterocycles. The molecule has 0 radical (unpaired) electrons. The van der Waals surface area contributed by atoms with Gasteiger partial charge in [0.2, 0.25) is 5.78 Å². The Morgan fingerprint density at radius 2 is 1.88 bits per heavy atom. The second-order valence-corrected chi connectivity index (χ2v) is 6.77. The number of esters is 1. The van der Waals surface area contributed by atoms with E-state index < -0.39 is 0 Å². The van der Waals surface area contributed by atoms with Gasteiger partial charge in [-0.2, -0.15) is 0 Å². The van der Waals surface area contributed by atoms with E-state index in [9.17, 15) is 4.79 Å². The van der Waals surface area contributed by atoms with Crippen molar-refractivity contribution in [2.24, 2.45) is 7.05 Å². The van der Waals surface area contributed by atoms with Crippen LogP contribution in [0.4, 0.5) is 0 Å². The third-order valence-electron chi connectivity index (χ3n) is 5.10. The van der Waals surface area contributed by atoms with Gasteiger partial charge in [-0.15, -0.1) is 0 Å². The third kappa shape index (κ3) is 2.80. The van der Waals surface area contributed by atoms with Crippen LogP contribution in [-0.4, -0.2) is 51.1 Å². The van der Waals surface area contributed by atoms with Crippen LogP contribution in [0.5, 0.6) is 0 Å². The molecule has 0 aliphatic carbocycles. The zero-order chi connectivity index (χ0) is 17.4. The number of para-hydroxylation sites is 2. The first-order chi connectivity index (χ1) is 12.2. The number of hydrogen-bond acceptors (Lipinski definition) is 4. The van der Waals surface area contributed by atoms with E-state index in [4.69, 9.17) is 4.74 Å². The zero-order valence-electron chi connectivity index (χ0n) is 14.9. The summed E-state index contributed by atoms with van der Waals surface area (Å²) >= 11 is 0. The minimum atomic E-state index is -0.293. The Labute approximate surface area is 147 Å². The van der Waals surface area contributed by atoms with Crippen molar-refractivity contribution in [1.82, 2.24) is 18.9 Å². The van der Waals surface area contributed by atoms with Gasteiger partial charge in [0.1, 0.15) is 6.61 Å². The molecule has 0 unspecified atom stereocenters. The van der Waals surface area contributed by atoms with Crippen LogP contribution in [0.25, 0.3) is 16.8 Å². The van der Waals surface area contributed by atoms with Crippen molar-refractivity contribution in [3.8, 4) is 0 Å². The molecule has 6 nitrogen and oxygen atoms in total. The highest BCUT2D eigenvalue weighted by Crippen LogP contribution is 2.23. The fourth-order valence-corrected chi connectivity index (χ4v) is 3.77. The summed E-state index contributed by atoms with van der Waals surface area (Å²) in [5.41, 5.74) is 3.26. The number of carbonyl (C=O) groups is 1. The lowest BCUT2D eigenvalue weighted by atomic mass is 10.1. The number of piperidine rings is 1. The van der Waals surface area contributed by atoms with Crippen LogP contribution >= 0.6 is 0 Å². The Morgan fingerprint density at radius 1 is 1.16 bits per heavy atom. The molecule has 0 N–H and O–H groups in total. The Hall–Kier alpha value is -2.34. The van der Waals surface area contributed by atoms with Gasteiger partial charge in [-0.1, -0.05) is 18.6 Å². The summed E-state index contributed by atoms with van der Waals surface area (Å²) in [6.45, 7) is 5.31. The fraction of sp³-hybridized carbons (Fsp3) is 0.474. The molecule has 132 valence electrons. The number of nitrogens with zero attached hydrogens (tertiary/aromatic N) is 4. The summed E-state index contributed by atoms with van der Waals surface area (Å²) in [5, 5.41) is 0. The molecule has 6 heteroatoms. The number of benzene rings is 1. The Kier molecular flexibility index (Phi) is 4.21. The second kappa shape index (κ2) is 6.52. The number of aryl methyl sites for hydroxylation is 2. The molecule has 25 heavy (non-hydrogen) atoms. The molecule has 1 aliphatic rings. The van der Waals surface area contributed by atoms with Gasteiger partial charge in [0.25, 0.3) is 0 Å². The lowest BCUT2D eigenvalue weighted by molar-refractivity contribution is 0.0444. The summed E-state index contributed by atoms with van der Waals surface area (Å²) in [4.78, 5) is 19.7. The second-order valence-electron chi connectivity index (χ2n) is 6.77. The average molecular weight is 340 g/mol. The molecular weight excluding hydrogens is 316 g/mol. The van der Waals surface area contributed by atoms with E-state index in [0.29, 0.717) is 18.0 Å². The van der Waals surface area contributed by atoms with E-state index in [-0.39, 0.29) is 5.97 Å². The minimum Gasteiger partial charge on any atom is -0.460 e. The predicted molar refractivity (Wildman–Crippen MR) is 97.0 cm³/mol. The van der Waals surface area contributed by atoms with Gasteiger partial charge in [-0.25, -0.2) is 9.78 Å². The van der Waals surface area contributed by atoms with Crippen molar-refractivity contribution in [1.29, 1.82) is 0 Å². The van der Waals surface area contributed by atoms with Crippen LogP contribution in [0.15, 0.2) is 24.3 Å². The highest BCUT2D eigenvalue weighted by molar-refractivity contribution is 5.93. The first kappa shape index (κ1) is 16.1. The van der Waals surface area contributed by atoms with Crippen molar-refractivity contribution < 1.29 is 9.53 Å². The summed E-state index contributed by atoms with van der Waals surface area (Å²) < 4.78 is 9.50. The lowest BCUT2D eigenvalue weighted by Crippen LogP contribution is -2.33. The maximum atomic E-state index is 12.7. The molecule has 3 heterocycles. The maximum Gasteiger partial charge on any atom is 0.357 e. The molecule has 0 spiro atoms. The molecule has 1 aromatic carbocycles. The molecule has 0 bridgehead atoms. The van der Waals surface area contributed by atoms with Gasteiger partial charge in [0.15, 0.2) is 5.69 Å². The van der Waals surface area contributed by atoms with Crippen LogP contribution in [-0.2, 0) is 11.8 Å². The van der Waals surface area contributed by atoms with Crippen LogP contribution in [0, 0.1) is 6.92 Å². The van der Waals surface area contributed by atoms with Gasteiger partial charge in [-0.05, 0) is 45.0 Å². The largest absolute Gasteiger partial charge is 0.460 e. The summed E-state index contributed by atoms with van der Waals surface area (Å²) in [6, 6.07) is 8.01. The number of carbonyl (C=O) groups excluding carboxylic acids is 1. The number of ether oxygens (including phenoxy) is 1. The van der Waals surface area contributed by atoms with E-state index in [2.05, 4.69) is 9.88 Å². The van der Waals surface area contributed by atoms with Crippen molar-refractivity contribution in [3.05, 3.63) is 35.7 Å². The molecule has 0 amide bonds. The average Bonchev–Trinajstić information content (AvgIpc) is 3.11. The van der Waals surface area contributed by atoms with Crippen LogP contribution in [0.1, 0.15) is 35.4 Å². The number of imidazole rings is 2. The zero-order valence-corrected chi connectivity index (χ0v) is 14.9. The van der Waals surface area contributed by atoms with Gasteiger partial charge in [0.05, 0.1) is 16.7 Å². The number of likely N-dealkylation sites (tertiary alicyclic amines) is 1. The third-order valence-corrected chi connectivity index (χ3v) is 5.10. The van der Waals surface area contributed by atoms with Gasteiger partial charge < -0.3 is 9.30 Å². The standard InChI is InChI=1S/C19H24N4O2/c1-14-17(18(24)25-13-12-22-10-6-3-7-11-22)23-16-9-5-4-8-15(16)21(2)19(23)20-14/h4-5,8-9H,3,6-7,10-13H2,1-2H3. The Balaban J connectivity index is 1.58. The first-order valence-corrected chi connectivity index (χ1v) is 8.99. The van der Waals surface area contributed by atoms with Crippen LogP contribution in [0.2, 0.25) is 0 Å². The van der Waals surface area contributed by atoms with Crippen molar-refractivity contribution in [2.75, 3.05) is 26.2 Å². The summed E-state index contributed by atoms with van der Waals surface area (Å²) in [6.07, 6.45) is 3.79. The predicted octanol–water partition coefficient (Wildman–Crippen LogP) is 2.78. The van der Waals surface area contributed by atoms with Crippen molar-refractivity contribution >= 4 is 22.8 Å². The summed E-state index contributed by atoms with van der Waals surface area (Å²) in [5.74, 6) is 0.472. The topological polar surface area (TPSA) is 51.8 Å². The molecule has 3 aromatic rings. The smallest absolute Gasteiger partial charge is 0.357 e. The maximum absolute atomic E-state index is 12.7. The minimum absolute atomic E-state index is 0.293. The number of aromatic nitrogens is 3. The van der Waals surface area contributed by atoms with Gasteiger partial charge >= 0.3 is 5.97 Å². The quantitative estimate of drug-likeness (QED) is 0.685. The number of hydrogen-bond donors (Lipinski definition) is 0. The molecule has 0 atom stereocenters. The molecule has 4 rings (SSSR count). The summed E-state index contributed by atoms with van der Waals surface area (Å²) in [7, 11) is 1.97. The van der Waals surface area contributed by atoms with Crippen molar-refractivity contribution in [3.63, 3.8) is 0 Å². The van der Waals surface area contributed by atoms with E-state index in [1.165, 1.54) is 19.3 Å². The highest BCUT2D eigenvalue weighted by atomic mass is 16.5. The normalized spacial score (nSPS) is 15.9. The fourth-order valence-electron chi connectivity index (χ4n) is 3.77. The molecule has 1 aliphatic heterocycles. The molecule has 1 fully saturated rings. The molecule has 2 aromatic heterocycles. The lowest BCUT2D eigenvalue weighted by Gasteiger charge is -2.25. The van der Waals surface area contributed by atoms with E-state index in [1.807, 2.05) is 47.2 Å². The number of fused-ring (bicyclic) bond motifs is 3. The van der Waals surface area contributed by atoms with E-state index in [0.717, 1.165) is 36.4 Å². The SMILES string of the molecule is Cc1nc2n(C)c3ccccc3n2c1C(=O)OCCN1CCCCC1. The molecular formula is C19H24N4O2. The first-order valence-electron chi connectivity index (χ1n) is 8.99. The van der Waals surface area contributed by atoms with Crippen molar-refractivity contribution in [2.45, 2.75) is 26.2 Å². The van der Waals surface area contributed by atoms with Gasteiger partial charge in [0, 0.05) is 13.6 Å². The number of rotatable bonds is 4. The Bertz CT molecular complexity index is 918. The van der Waals surface area contributed by atoms with E-state index in [1.54, 1.807) is 0 Å². The Morgan fingerprint density at radius 3 is 2.64 bits per heavy atom. The molecule has 0 saturated carbocycles. The van der Waals surface area contributed by atoms with Crippen LogP contribution in [0.3, 0.4) is 0 Å². The van der Waals surface area contributed by atoms with Gasteiger partial charge in [-0.3, -0.25) is 9.30 Å². The highest BCUT2D eigenvalue weighted by Gasteiger charge is 2.23. The van der Waals surface area contributed by atoms with Crippen LogP contribution < -0.4 is 0 Å².